The molecular weight excluding hydrogens is 967 g/mol. The monoisotopic (exact) mass is 1050 g/mol. The molecule has 3 heterocycles. The van der Waals surface area contributed by atoms with Crippen molar-refractivity contribution in [2.24, 2.45) is 10.8 Å². The zero-order valence-electron chi connectivity index (χ0n) is 46.0. The van der Waals surface area contributed by atoms with Crippen LogP contribution in [0.3, 0.4) is 0 Å². The van der Waals surface area contributed by atoms with Crippen LogP contribution in [0.25, 0.3) is 0 Å². The van der Waals surface area contributed by atoms with Crippen LogP contribution >= 0.6 is 0 Å². The average molecular weight is 1050 g/mol. The fourth-order valence-electron chi connectivity index (χ4n) is 10.7. The molecule has 2 fully saturated rings. The first-order valence-corrected chi connectivity index (χ1v) is 26.9. The molecule has 410 valence electrons. The van der Waals surface area contributed by atoms with Gasteiger partial charge in [-0.3, -0.25) is 43.3 Å². The highest BCUT2D eigenvalue weighted by Gasteiger charge is 2.46. The third kappa shape index (κ3) is 12.9. The van der Waals surface area contributed by atoms with Crippen LogP contribution in [0.5, 0.6) is 0 Å². The van der Waals surface area contributed by atoms with E-state index in [1.54, 1.807) is 27.9 Å². The summed E-state index contributed by atoms with van der Waals surface area (Å²) in [7, 11) is 3.30. The molecule has 3 aromatic rings. The second-order valence-electron chi connectivity index (χ2n) is 23.0. The Bertz CT molecular complexity index is 2490. The average Bonchev–Trinajstić information content (AvgIpc) is 3.43. The molecule has 19 heteroatoms. The first-order chi connectivity index (χ1) is 36.0. The molecule has 2 saturated heterocycles. The van der Waals surface area contributed by atoms with Gasteiger partial charge in [-0.05, 0) is 106 Å². The van der Waals surface area contributed by atoms with Crippen molar-refractivity contribution in [3.05, 3.63) is 100 Å². The standard InChI is InChI=1S/C57H79N11O8/c1-34(58-9)48(69)63-46(56(3,4)5)54(75)67-27-25-65(32-44(67)50(71)61-42-23-15-19-36-17-11-13-21-40(36)42)52(73)38-29-39(31-60-30-38)53(74)66-26-28-68(55(76)47(57(6,7)8)64-49(70)35(2)59-10)45(33-66)51(72)62-43-24-16-20-37-18-12-14-22-41(37)43/h11-14,17-18,21-22,29-31,34-35,42-47,58-59H,15-16,19-20,23-28,32-33H2,1-10H3,(H,61,71)(H,62,72)(H,63,69)(H,64,70)/t34-,35-,42+,43+,44-,45-,46+,47+/m0/s1. The van der Waals surface area contributed by atoms with Gasteiger partial charge >= 0.3 is 0 Å². The summed E-state index contributed by atoms with van der Waals surface area (Å²) in [4.78, 5) is 125. The summed E-state index contributed by atoms with van der Waals surface area (Å²) in [5.74, 6) is -3.55. The number of hydrogen-bond acceptors (Lipinski definition) is 11. The Morgan fingerprint density at radius 2 is 0.947 bits per heavy atom. The number of pyridine rings is 1. The Hall–Kier alpha value is -6.73. The van der Waals surface area contributed by atoms with Gasteiger partial charge in [-0.1, -0.05) is 90.1 Å². The molecule has 0 saturated carbocycles. The molecule has 76 heavy (non-hydrogen) atoms. The largest absolute Gasteiger partial charge is 0.347 e. The minimum atomic E-state index is -1.14. The summed E-state index contributed by atoms with van der Waals surface area (Å²) >= 11 is 0. The Morgan fingerprint density at radius 1 is 0.566 bits per heavy atom. The zero-order chi connectivity index (χ0) is 55.2. The molecule has 19 nitrogen and oxygen atoms in total. The molecule has 2 aromatic carbocycles. The summed E-state index contributed by atoms with van der Waals surface area (Å²) in [6.45, 7) is 14.1. The van der Waals surface area contributed by atoms with Crippen molar-refractivity contribution in [1.29, 1.82) is 0 Å². The van der Waals surface area contributed by atoms with Gasteiger partial charge in [0.05, 0.1) is 48.4 Å². The lowest BCUT2D eigenvalue weighted by Crippen LogP contribution is -2.66. The summed E-state index contributed by atoms with van der Waals surface area (Å²) in [5, 5.41) is 18.1. The first kappa shape index (κ1) is 57.0. The quantitative estimate of drug-likeness (QED) is 0.137. The van der Waals surface area contributed by atoms with E-state index in [1.165, 1.54) is 38.1 Å². The molecule has 8 atom stereocenters. The number of carbonyl (C=O) groups excluding carboxylic acids is 8. The zero-order valence-corrected chi connectivity index (χ0v) is 46.0. The summed E-state index contributed by atoms with van der Waals surface area (Å²) in [6.07, 6.45) is 7.56. The van der Waals surface area contributed by atoms with Crippen LogP contribution in [-0.2, 0) is 41.6 Å². The Kier molecular flexibility index (Phi) is 18.1. The van der Waals surface area contributed by atoms with Gasteiger partial charge in [-0.25, -0.2) is 0 Å². The van der Waals surface area contributed by atoms with E-state index in [9.17, 15) is 38.4 Å². The molecule has 6 N–H and O–H groups in total. The Morgan fingerprint density at radius 3 is 1.32 bits per heavy atom. The van der Waals surface area contributed by atoms with Gasteiger partial charge in [0.1, 0.15) is 24.2 Å². The van der Waals surface area contributed by atoms with E-state index >= 15 is 0 Å². The number of likely N-dealkylation sites (N-methyl/N-ethyl adjacent to an activating group) is 2. The normalized spacial score (nSPS) is 21.4. The van der Waals surface area contributed by atoms with Gasteiger partial charge in [0, 0.05) is 38.6 Å². The number of piperazine rings is 2. The second-order valence-corrected chi connectivity index (χ2v) is 23.0. The number of nitrogens with zero attached hydrogens (tertiary/aromatic N) is 5. The summed E-state index contributed by atoms with van der Waals surface area (Å²) < 4.78 is 0. The molecular formula is C57H79N11O8. The number of aryl methyl sites for hydroxylation is 2. The molecule has 4 aliphatic rings. The highest BCUT2D eigenvalue weighted by molar-refractivity contribution is 6.01. The fourth-order valence-corrected chi connectivity index (χ4v) is 10.7. The maximum absolute atomic E-state index is 14.7. The van der Waals surface area contributed by atoms with Crippen LogP contribution in [0.1, 0.15) is 136 Å². The van der Waals surface area contributed by atoms with Crippen LogP contribution in [0, 0.1) is 10.8 Å². The minimum Gasteiger partial charge on any atom is -0.347 e. The smallest absolute Gasteiger partial charge is 0.255 e. The number of amides is 8. The van der Waals surface area contributed by atoms with Crippen molar-refractivity contribution in [3.63, 3.8) is 0 Å². The van der Waals surface area contributed by atoms with E-state index in [0.29, 0.717) is 12.8 Å². The Labute approximate surface area is 447 Å². The topological polar surface area (TPSA) is 235 Å². The van der Waals surface area contributed by atoms with Gasteiger partial charge < -0.3 is 51.5 Å². The predicted octanol–water partition coefficient (Wildman–Crippen LogP) is 3.05. The van der Waals surface area contributed by atoms with Crippen molar-refractivity contribution in [3.8, 4) is 0 Å². The predicted molar refractivity (Wildman–Crippen MR) is 287 cm³/mol. The van der Waals surface area contributed by atoms with Gasteiger partial charge in [0.2, 0.25) is 35.4 Å². The number of rotatable bonds is 14. The lowest BCUT2D eigenvalue weighted by atomic mass is 9.85. The van der Waals surface area contributed by atoms with Crippen LogP contribution in [0.2, 0.25) is 0 Å². The molecule has 2 aliphatic heterocycles. The van der Waals surface area contributed by atoms with Crippen LogP contribution in [0.15, 0.2) is 67.0 Å². The van der Waals surface area contributed by atoms with E-state index < -0.39 is 82.5 Å². The van der Waals surface area contributed by atoms with E-state index in [0.717, 1.165) is 47.9 Å². The molecule has 7 rings (SSSR count). The first-order valence-electron chi connectivity index (χ1n) is 26.9. The van der Waals surface area contributed by atoms with Crippen molar-refractivity contribution >= 4 is 47.3 Å². The number of aromatic nitrogens is 1. The van der Waals surface area contributed by atoms with Crippen LogP contribution in [-0.4, -0.2) is 161 Å². The van der Waals surface area contributed by atoms with Crippen molar-refractivity contribution < 1.29 is 38.4 Å². The summed E-state index contributed by atoms with van der Waals surface area (Å²) in [6, 6.07) is 11.2. The van der Waals surface area contributed by atoms with E-state index in [1.807, 2.05) is 90.1 Å². The Balaban J connectivity index is 1.14. The third-order valence-electron chi connectivity index (χ3n) is 15.6. The molecule has 0 bridgehead atoms. The number of nitrogens with one attached hydrogen (secondary N) is 6. The second kappa shape index (κ2) is 24.1. The number of hydrogen-bond donors (Lipinski definition) is 6. The third-order valence-corrected chi connectivity index (χ3v) is 15.6. The molecule has 0 radical (unpaired) electrons. The van der Waals surface area contributed by atoms with Gasteiger partial charge in [-0.2, -0.15) is 0 Å². The van der Waals surface area contributed by atoms with E-state index in [2.05, 4.69) is 36.9 Å². The molecule has 2 aliphatic carbocycles. The molecule has 0 unspecified atom stereocenters. The highest BCUT2D eigenvalue weighted by atomic mass is 16.2. The number of benzene rings is 2. The molecule has 8 amide bonds. The van der Waals surface area contributed by atoms with Gasteiger partial charge in [0.25, 0.3) is 11.8 Å². The maximum atomic E-state index is 14.7. The van der Waals surface area contributed by atoms with Crippen molar-refractivity contribution in [1.82, 2.24) is 56.5 Å². The van der Waals surface area contributed by atoms with E-state index in [-0.39, 0.29) is 74.3 Å². The van der Waals surface area contributed by atoms with Crippen LogP contribution < -0.4 is 31.9 Å². The fraction of sp³-hybridized carbons (Fsp3) is 0.561. The number of carbonyl (C=O) groups is 8. The lowest BCUT2D eigenvalue weighted by Gasteiger charge is -2.44. The number of fused-ring (bicyclic) bond motifs is 2. The maximum Gasteiger partial charge on any atom is 0.255 e. The lowest BCUT2D eigenvalue weighted by molar-refractivity contribution is -0.148. The minimum absolute atomic E-state index is 0.0207. The molecule has 1 aromatic heterocycles. The van der Waals surface area contributed by atoms with Gasteiger partial charge in [0.15, 0.2) is 0 Å². The van der Waals surface area contributed by atoms with Gasteiger partial charge in [-0.15, -0.1) is 0 Å². The SMILES string of the molecule is CN[C@@H](C)C(=O)N[C@H](C(=O)N1CCN(C(=O)c2cncc(C(=O)N3CCN(C(=O)[C@@H](NC(=O)[C@H](C)NC)C(C)(C)C)[C@H](C(=O)N[C@@H]4CCCc5ccccc54)C3)c2)C[C@H]1C(=O)N[C@@H]1CCCc2ccccc21)C(C)(C)C. The van der Waals surface area contributed by atoms with E-state index in [4.69, 9.17) is 0 Å². The van der Waals surface area contributed by atoms with Crippen LogP contribution in [0.4, 0.5) is 0 Å². The van der Waals surface area contributed by atoms with Crippen molar-refractivity contribution in [2.75, 3.05) is 53.4 Å². The highest BCUT2D eigenvalue weighted by Crippen LogP contribution is 2.33. The summed E-state index contributed by atoms with van der Waals surface area (Å²) in [5.41, 5.74) is 2.93. The molecule has 0 spiro atoms. The van der Waals surface area contributed by atoms with Crippen molar-refractivity contribution in [2.45, 2.75) is 142 Å².